The van der Waals surface area contributed by atoms with E-state index in [4.69, 9.17) is 0 Å². The van der Waals surface area contributed by atoms with Gasteiger partial charge in [0.2, 0.25) is 5.91 Å². The van der Waals surface area contributed by atoms with E-state index in [9.17, 15) is 14.4 Å². The maximum atomic E-state index is 13.1. The van der Waals surface area contributed by atoms with Gasteiger partial charge >= 0.3 is 5.69 Å². The van der Waals surface area contributed by atoms with Crippen LogP contribution in [0.5, 0.6) is 0 Å². The Labute approximate surface area is 208 Å². The Kier molecular flexibility index (Phi) is 6.77. The van der Waals surface area contributed by atoms with E-state index in [1.807, 2.05) is 25.7 Å². The lowest BCUT2D eigenvalue weighted by atomic mass is 9.96. The molecule has 3 aromatic rings. The minimum Gasteiger partial charge on any atom is -0.368 e. The standard InChI is InChI=1S/C25H32N6O3S/c1-16-8-7-9-17(14-16)30-10-12-31(13-11-30)18(32)15-35-21-19-20(26-23(27-21)25(2,3)4)28(5)24(34)29(6)22(19)33/h7-9,14H,10-13,15H2,1-6H3. The monoisotopic (exact) mass is 496 g/mol. The summed E-state index contributed by atoms with van der Waals surface area (Å²) in [6, 6.07) is 8.39. The summed E-state index contributed by atoms with van der Waals surface area (Å²) >= 11 is 1.23. The number of amides is 1. The molecule has 1 fully saturated rings. The molecule has 10 heteroatoms. The van der Waals surface area contributed by atoms with Gasteiger partial charge in [-0.05, 0) is 24.6 Å². The predicted octanol–water partition coefficient (Wildman–Crippen LogP) is 2.07. The maximum absolute atomic E-state index is 13.1. The molecule has 1 aliphatic rings. The fourth-order valence-corrected chi connectivity index (χ4v) is 5.05. The second-order valence-electron chi connectivity index (χ2n) is 10.0. The SMILES string of the molecule is Cc1cccc(N2CCN(C(=O)CSc3nc(C(C)(C)C)nc4c3c(=O)n(C)c(=O)n4C)CC2)c1. The van der Waals surface area contributed by atoms with Gasteiger partial charge in [0.25, 0.3) is 5.56 Å². The number of aryl methyl sites for hydroxylation is 2. The number of hydrogen-bond acceptors (Lipinski definition) is 7. The zero-order valence-electron chi connectivity index (χ0n) is 21.2. The van der Waals surface area contributed by atoms with Gasteiger partial charge in [0.15, 0.2) is 5.65 Å². The summed E-state index contributed by atoms with van der Waals surface area (Å²) in [4.78, 5) is 51.9. The predicted molar refractivity (Wildman–Crippen MR) is 139 cm³/mol. The molecule has 1 aliphatic heterocycles. The molecular formula is C25H32N6O3S. The smallest absolute Gasteiger partial charge is 0.332 e. The fourth-order valence-electron chi connectivity index (χ4n) is 4.13. The van der Waals surface area contributed by atoms with Gasteiger partial charge in [-0.25, -0.2) is 14.8 Å². The summed E-state index contributed by atoms with van der Waals surface area (Å²) in [6.07, 6.45) is 0. The topological polar surface area (TPSA) is 93.3 Å². The quantitative estimate of drug-likeness (QED) is 0.403. The molecule has 0 N–H and O–H groups in total. The number of fused-ring (bicyclic) bond motifs is 1. The van der Waals surface area contributed by atoms with Gasteiger partial charge in [-0.3, -0.25) is 18.7 Å². The van der Waals surface area contributed by atoms with Crippen molar-refractivity contribution < 1.29 is 4.79 Å². The van der Waals surface area contributed by atoms with Crippen LogP contribution < -0.4 is 16.1 Å². The van der Waals surface area contributed by atoms with Crippen molar-refractivity contribution in [3.8, 4) is 0 Å². The number of benzene rings is 1. The first-order valence-electron chi connectivity index (χ1n) is 11.7. The normalized spacial score (nSPS) is 14.6. The first-order valence-corrected chi connectivity index (χ1v) is 12.7. The highest BCUT2D eigenvalue weighted by Gasteiger charge is 2.26. The van der Waals surface area contributed by atoms with Crippen molar-refractivity contribution >= 4 is 34.4 Å². The van der Waals surface area contributed by atoms with E-state index < -0.39 is 16.7 Å². The lowest BCUT2D eigenvalue weighted by Gasteiger charge is -2.36. The highest BCUT2D eigenvalue weighted by Crippen LogP contribution is 2.27. The summed E-state index contributed by atoms with van der Waals surface area (Å²) in [7, 11) is 3.03. The van der Waals surface area contributed by atoms with E-state index in [0.29, 0.717) is 29.6 Å². The van der Waals surface area contributed by atoms with Crippen molar-refractivity contribution in [3.63, 3.8) is 0 Å². The van der Waals surface area contributed by atoms with Gasteiger partial charge in [0, 0.05) is 51.4 Å². The zero-order chi connectivity index (χ0) is 25.5. The molecular weight excluding hydrogens is 464 g/mol. The molecule has 4 rings (SSSR count). The number of anilines is 1. The molecule has 0 radical (unpaired) electrons. The molecule has 1 amide bonds. The summed E-state index contributed by atoms with van der Waals surface area (Å²) in [5.41, 5.74) is 1.39. The van der Waals surface area contributed by atoms with Crippen LogP contribution in [0.2, 0.25) is 0 Å². The Balaban J connectivity index is 1.55. The largest absolute Gasteiger partial charge is 0.368 e. The molecule has 9 nitrogen and oxygen atoms in total. The van der Waals surface area contributed by atoms with E-state index in [1.54, 1.807) is 7.05 Å². The molecule has 3 heterocycles. The summed E-state index contributed by atoms with van der Waals surface area (Å²) < 4.78 is 2.42. The highest BCUT2D eigenvalue weighted by atomic mass is 32.2. The number of rotatable bonds is 4. The number of aromatic nitrogens is 4. The third-order valence-electron chi connectivity index (χ3n) is 6.27. The van der Waals surface area contributed by atoms with Crippen LogP contribution in [0.1, 0.15) is 32.2 Å². The Hall–Kier alpha value is -3.14. The van der Waals surface area contributed by atoms with Crippen LogP contribution in [-0.2, 0) is 24.3 Å². The van der Waals surface area contributed by atoms with Gasteiger partial charge in [0.05, 0.1) is 5.75 Å². The van der Waals surface area contributed by atoms with Crippen LogP contribution >= 0.6 is 11.8 Å². The van der Waals surface area contributed by atoms with Crippen LogP contribution in [0, 0.1) is 6.92 Å². The molecule has 186 valence electrons. The molecule has 2 aromatic heterocycles. The second-order valence-corrected chi connectivity index (χ2v) is 11.0. The van der Waals surface area contributed by atoms with Crippen molar-refractivity contribution in [2.45, 2.75) is 38.1 Å². The lowest BCUT2D eigenvalue weighted by Crippen LogP contribution is -2.49. The van der Waals surface area contributed by atoms with E-state index >= 15 is 0 Å². The molecule has 1 saturated heterocycles. The number of thioether (sulfide) groups is 1. The average molecular weight is 497 g/mol. The Bertz CT molecular complexity index is 1400. The first-order chi connectivity index (χ1) is 16.5. The fraction of sp³-hybridized carbons (Fsp3) is 0.480. The average Bonchev–Trinajstić information content (AvgIpc) is 2.83. The molecule has 35 heavy (non-hydrogen) atoms. The van der Waals surface area contributed by atoms with Crippen LogP contribution in [0.15, 0.2) is 38.9 Å². The van der Waals surface area contributed by atoms with E-state index in [-0.39, 0.29) is 17.0 Å². The van der Waals surface area contributed by atoms with E-state index in [2.05, 4.69) is 46.1 Å². The lowest BCUT2D eigenvalue weighted by molar-refractivity contribution is -0.128. The van der Waals surface area contributed by atoms with Crippen LogP contribution in [-0.4, -0.2) is 61.8 Å². The summed E-state index contributed by atoms with van der Waals surface area (Å²) in [5, 5.41) is 0.701. The van der Waals surface area contributed by atoms with Crippen LogP contribution in [0.3, 0.4) is 0 Å². The Morgan fingerprint density at radius 3 is 2.34 bits per heavy atom. The van der Waals surface area contributed by atoms with Crippen molar-refractivity contribution in [1.82, 2.24) is 24.0 Å². The zero-order valence-corrected chi connectivity index (χ0v) is 22.0. The highest BCUT2D eigenvalue weighted by molar-refractivity contribution is 8.00. The summed E-state index contributed by atoms with van der Waals surface area (Å²) in [5.74, 6) is 0.686. The van der Waals surface area contributed by atoms with Gasteiger partial charge in [0.1, 0.15) is 16.2 Å². The van der Waals surface area contributed by atoms with E-state index in [0.717, 1.165) is 17.7 Å². The Morgan fingerprint density at radius 1 is 1.03 bits per heavy atom. The Morgan fingerprint density at radius 2 is 1.71 bits per heavy atom. The van der Waals surface area contributed by atoms with Gasteiger partial charge in [-0.15, -0.1) is 0 Å². The molecule has 1 aromatic carbocycles. The van der Waals surface area contributed by atoms with Gasteiger partial charge < -0.3 is 9.80 Å². The maximum Gasteiger partial charge on any atom is 0.332 e. The van der Waals surface area contributed by atoms with Crippen molar-refractivity contribution in [1.29, 1.82) is 0 Å². The molecule has 0 aliphatic carbocycles. The number of piperazine rings is 1. The van der Waals surface area contributed by atoms with Crippen molar-refractivity contribution in [2.75, 3.05) is 36.8 Å². The number of carbonyl (C=O) groups excluding carboxylic acids is 1. The van der Waals surface area contributed by atoms with Crippen LogP contribution in [0.4, 0.5) is 5.69 Å². The summed E-state index contributed by atoms with van der Waals surface area (Å²) in [6.45, 7) is 10.8. The van der Waals surface area contributed by atoms with Gasteiger partial charge in [-0.1, -0.05) is 44.7 Å². The molecule has 0 bridgehead atoms. The molecule has 0 saturated carbocycles. The minimum atomic E-state index is -0.453. The van der Waals surface area contributed by atoms with Gasteiger partial charge in [-0.2, -0.15) is 0 Å². The molecule has 0 unspecified atom stereocenters. The van der Waals surface area contributed by atoms with Crippen molar-refractivity contribution in [3.05, 3.63) is 56.5 Å². The minimum absolute atomic E-state index is 0.00427. The molecule has 0 atom stereocenters. The van der Waals surface area contributed by atoms with Crippen molar-refractivity contribution in [2.24, 2.45) is 14.1 Å². The number of hydrogen-bond donors (Lipinski definition) is 0. The van der Waals surface area contributed by atoms with E-state index in [1.165, 1.54) is 34.6 Å². The number of nitrogens with zero attached hydrogens (tertiary/aromatic N) is 6. The second kappa shape index (κ2) is 9.49. The van der Waals surface area contributed by atoms with Crippen LogP contribution in [0.25, 0.3) is 11.0 Å². The number of carbonyl (C=O) groups is 1. The third-order valence-corrected chi connectivity index (χ3v) is 7.23. The molecule has 0 spiro atoms. The third kappa shape index (κ3) is 4.98. The first kappa shape index (κ1) is 25.0.